The summed E-state index contributed by atoms with van der Waals surface area (Å²) < 4.78 is 26.9. The number of carbonyl (C=O) groups is 1. The van der Waals surface area contributed by atoms with Gasteiger partial charge in [-0.25, -0.2) is 4.79 Å². The Balaban J connectivity index is 2.94. The van der Waals surface area contributed by atoms with Crippen LogP contribution in [0.4, 0.5) is 8.78 Å². The highest BCUT2D eigenvalue weighted by Crippen LogP contribution is 2.21. The van der Waals surface area contributed by atoms with E-state index < -0.39 is 18.3 Å². The number of alkyl halides is 2. The van der Waals surface area contributed by atoms with Crippen molar-refractivity contribution in [1.29, 1.82) is 0 Å². The van der Waals surface area contributed by atoms with Crippen LogP contribution in [0.5, 0.6) is 0 Å². The molecule has 0 fully saturated rings. The lowest BCUT2D eigenvalue weighted by Crippen LogP contribution is -2.31. The number of carboxylic acid groups (broad SMARTS) is 1. The molecule has 0 aromatic carbocycles. The van der Waals surface area contributed by atoms with Gasteiger partial charge in [0.15, 0.2) is 0 Å². The van der Waals surface area contributed by atoms with Gasteiger partial charge in [-0.2, -0.15) is 13.9 Å². The van der Waals surface area contributed by atoms with Crippen LogP contribution >= 0.6 is 0 Å². The maximum Gasteiger partial charge on any atom is 0.374 e. The summed E-state index contributed by atoms with van der Waals surface area (Å²) in [6.07, 6.45) is 0.595. The predicted molar refractivity (Wildman–Crippen MR) is 44.2 cm³/mol. The van der Waals surface area contributed by atoms with Gasteiger partial charge in [-0.1, -0.05) is 0 Å². The van der Waals surface area contributed by atoms with Gasteiger partial charge in [-0.3, -0.25) is 4.68 Å². The van der Waals surface area contributed by atoms with Crippen molar-refractivity contribution in [3.63, 3.8) is 0 Å². The van der Waals surface area contributed by atoms with Gasteiger partial charge in [0.1, 0.15) is 0 Å². The van der Waals surface area contributed by atoms with Crippen molar-refractivity contribution in [1.82, 2.24) is 9.78 Å². The molecule has 14 heavy (non-hydrogen) atoms. The normalized spacial score (nSPS) is 11.7. The molecule has 0 radical (unpaired) electrons. The maximum absolute atomic E-state index is 12.8. The third-order valence-electron chi connectivity index (χ3n) is 1.97. The van der Waals surface area contributed by atoms with Gasteiger partial charge in [0.25, 0.3) is 0 Å². The minimum atomic E-state index is -3.74. The number of halogens is 2. The quantitative estimate of drug-likeness (QED) is 0.798. The highest BCUT2D eigenvalue weighted by Gasteiger charge is 2.40. The third kappa shape index (κ3) is 1.89. The summed E-state index contributed by atoms with van der Waals surface area (Å²) in [5, 5.41) is 12.0. The SMILES string of the molecule is Cc1cnn(C)c1CC(F)(F)C(=O)O. The van der Waals surface area contributed by atoms with E-state index >= 15 is 0 Å². The molecule has 4 nitrogen and oxygen atoms in total. The Morgan fingerprint density at radius 2 is 2.29 bits per heavy atom. The zero-order valence-corrected chi connectivity index (χ0v) is 7.79. The van der Waals surface area contributed by atoms with Crippen LogP contribution in [0.3, 0.4) is 0 Å². The fourth-order valence-corrected chi connectivity index (χ4v) is 1.11. The Labute approximate surface area is 79.2 Å². The molecule has 0 aliphatic rings. The van der Waals surface area contributed by atoms with Crippen LogP contribution in [0.1, 0.15) is 11.3 Å². The number of aliphatic carboxylic acids is 1. The van der Waals surface area contributed by atoms with Crippen LogP contribution in [0.2, 0.25) is 0 Å². The highest BCUT2D eigenvalue weighted by atomic mass is 19.3. The lowest BCUT2D eigenvalue weighted by Gasteiger charge is -2.11. The molecule has 1 rings (SSSR count). The molecule has 1 heterocycles. The Hall–Kier alpha value is -1.46. The minimum Gasteiger partial charge on any atom is -0.477 e. The Bertz CT molecular complexity index is 341. The van der Waals surface area contributed by atoms with E-state index in [0.29, 0.717) is 5.56 Å². The second-order valence-corrected chi connectivity index (χ2v) is 3.08. The number of rotatable bonds is 3. The van der Waals surface area contributed by atoms with E-state index in [1.54, 1.807) is 6.92 Å². The van der Waals surface area contributed by atoms with E-state index in [4.69, 9.17) is 5.11 Å². The number of aryl methyl sites for hydroxylation is 2. The zero-order valence-electron chi connectivity index (χ0n) is 7.79. The first kappa shape index (κ1) is 10.6. The topological polar surface area (TPSA) is 55.1 Å². The smallest absolute Gasteiger partial charge is 0.374 e. The number of nitrogens with zero attached hydrogens (tertiary/aromatic N) is 2. The van der Waals surface area contributed by atoms with Crippen molar-refractivity contribution in [3.8, 4) is 0 Å². The Kier molecular flexibility index (Phi) is 2.55. The lowest BCUT2D eigenvalue weighted by atomic mass is 10.1. The molecule has 0 aliphatic carbocycles. The van der Waals surface area contributed by atoms with Crippen LogP contribution in [-0.2, 0) is 18.3 Å². The monoisotopic (exact) mass is 204 g/mol. The fraction of sp³-hybridized carbons (Fsp3) is 0.500. The summed E-state index contributed by atoms with van der Waals surface area (Å²) in [5.41, 5.74) is 0.797. The first-order valence-corrected chi connectivity index (χ1v) is 3.93. The van der Waals surface area contributed by atoms with Gasteiger partial charge >= 0.3 is 11.9 Å². The summed E-state index contributed by atoms with van der Waals surface area (Å²) in [7, 11) is 1.50. The third-order valence-corrected chi connectivity index (χ3v) is 1.97. The summed E-state index contributed by atoms with van der Waals surface area (Å²) >= 11 is 0. The molecular weight excluding hydrogens is 194 g/mol. The van der Waals surface area contributed by atoms with Crippen LogP contribution in [0.15, 0.2) is 6.20 Å². The molecule has 0 atom stereocenters. The van der Waals surface area contributed by atoms with E-state index in [0.717, 1.165) is 0 Å². The van der Waals surface area contributed by atoms with Crippen molar-refractivity contribution in [2.75, 3.05) is 0 Å². The molecule has 0 spiro atoms. The number of hydrogen-bond acceptors (Lipinski definition) is 2. The predicted octanol–water partition coefficient (Wildman–Crippen LogP) is 0.991. The Morgan fingerprint density at radius 3 is 2.64 bits per heavy atom. The van der Waals surface area contributed by atoms with E-state index in [-0.39, 0.29) is 5.69 Å². The van der Waals surface area contributed by atoms with Crippen molar-refractivity contribution in [2.24, 2.45) is 7.05 Å². The van der Waals surface area contributed by atoms with Crippen LogP contribution < -0.4 is 0 Å². The van der Waals surface area contributed by atoms with Crippen LogP contribution in [0.25, 0.3) is 0 Å². The average Bonchev–Trinajstić information content (AvgIpc) is 2.35. The van der Waals surface area contributed by atoms with E-state index in [1.165, 1.54) is 17.9 Å². The number of carboxylic acids is 1. The highest BCUT2D eigenvalue weighted by molar-refractivity contribution is 5.75. The second-order valence-electron chi connectivity index (χ2n) is 3.08. The molecule has 1 aromatic heterocycles. The summed E-state index contributed by atoms with van der Waals surface area (Å²) in [5.74, 6) is -5.85. The second kappa shape index (κ2) is 3.36. The van der Waals surface area contributed by atoms with Gasteiger partial charge in [0, 0.05) is 12.7 Å². The molecule has 6 heteroatoms. The number of hydrogen-bond donors (Lipinski definition) is 1. The molecule has 0 amide bonds. The molecule has 1 aromatic rings. The van der Waals surface area contributed by atoms with Crippen molar-refractivity contribution < 1.29 is 18.7 Å². The van der Waals surface area contributed by atoms with Gasteiger partial charge in [0.05, 0.1) is 12.6 Å². The Morgan fingerprint density at radius 1 is 1.71 bits per heavy atom. The fourth-order valence-electron chi connectivity index (χ4n) is 1.11. The molecule has 0 bridgehead atoms. The summed E-state index contributed by atoms with van der Waals surface area (Å²) in [4.78, 5) is 10.2. The first-order chi connectivity index (χ1) is 6.34. The summed E-state index contributed by atoms with van der Waals surface area (Å²) in [6, 6.07) is 0. The van der Waals surface area contributed by atoms with Gasteiger partial charge < -0.3 is 5.11 Å². The van der Waals surface area contributed by atoms with E-state index in [2.05, 4.69) is 5.10 Å². The van der Waals surface area contributed by atoms with Crippen molar-refractivity contribution in [3.05, 3.63) is 17.5 Å². The zero-order chi connectivity index (χ0) is 10.9. The summed E-state index contributed by atoms with van der Waals surface area (Å²) in [6.45, 7) is 1.61. The largest absolute Gasteiger partial charge is 0.477 e. The first-order valence-electron chi connectivity index (χ1n) is 3.93. The molecule has 0 unspecified atom stereocenters. The van der Waals surface area contributed by atoms with Crippen molar-refractivity contribution >= 4 is 5.97 Å². The van der Waals surface area contributed by atoms with E-state index in [9.17, 15) is 13.6 Å². The van der Waals surface area contributed by atoms with Gasteiger partial charge in [0.2, 0.25) is 0 Å². The molecular formula is C8H10F2N2O2. The lowest BCUT2D eigenvalue weighted by molar-refractivity contribution is -0.164. The average molecular weight is 204 g/mol. The standard InChI is InChI=1S/C8H10F2N2O2/c1-5-4-11-12(2)6(5)3-8(9,10)7(13)14/h4H,3H2,1-2H3,(H,13,14). The van der Waals surface area contributed by atoms with Crippen LogP contribution in [0, 0.1) is 6.92 Å². The molecule has 1 N–H and O–H groups in total. The molecule has 78 valence electrons. The molecule has 0 aliphatic heterocycles. The molecule has 0 saturated carbocycles. The van der Waals surface area contributed by atoms with Crippen LogP contribution in [-0.4, -0.2) is 26.8 Å². The van der Waals surface area contributed by atoms with Crippen molar-refractivity contribution in [2.45, 2.75) is 19.3 Å². The van der Waals surface area contributed by atoms with E-state index in [1.807, 2.05) is 0 Å². The molecule has 0 saturated heterocycles. The maximum atomic E-state index is 12.8. The number of aromatic nitrogens is 2. The van der Waals surface area contributed by atoms with Gasteiger partial charge in [-0.05, 0) is 12.5 Å². The minimum absolute atomic E-state index is 0.234. The van der Waals surface area contributed by atoms with Gasteiger partial charge in [-0.15, -0.1) is 0 Å².